The summed E-state index contributed by atoms with van der Waals surface area (Å²) in [5.41, 5.74) is 3.07. The molecule has 1 N–H and O–H groups in total. The summed E-state index contributed by atoms with van der Waals surface area (Å²) in [4.78, 5) is 29.5. The van der Waals surface area contributed by atoms with Gasteiger partial charge in [-0.05, 0) is 45.1 Å². The molecule has 1 fully saturated rings. The van der Waals surface area contributed by atoms with Crippen LogP contribution in [0.4, 0.5) is 5.95 Å². The van der Waals surface area contributed by atoms with E-state index in [1.54, 1.807) is 4.68 Å². The summed E-state index contributed by atoms with van der Waals surface area (Å²) in [5.74, 6) is -0.678. The molecular formula is C22H26N4O4. The molecule has 2 aliphatic rings. The van der Waals surface area contributed by atoms with Gasteiger partial charge in [-0.3, -0.25) is 0 Å². The van der Waals surface area contributed by atoms with Gasteiger partial charge < -0.3 is 14.8 Å². The second-order valence-electron chi connectivity index (χ2n) is 7.84. The van der Waals surface area contributed by atoms with Crippen molar-refractivity contribution in [3.05, 3.63) is 52.5 Å². The molecule has 2 aromatic rings. The lowest BCUT2D eigenvalue weighted by Gasteiger charge is -2.30. The van der Waals surface area contributed by atoms with Crippen LogP contribution in [0.3, 0.4) is 0 Å². The number of ether oxygens (including phenoxy) is 2. The monoisotopic (exact) mass is 410 g/mol. The van der Waals surface area contributed by atoms with Crippen molar-refractivity contribution >= 4 is 17.9 Å². The smallest absolute Gasteiger partial charge is 0.378 e. The fourth-order valence-corrected chi connectivity index (χ4v) is 4.05. The number of esters is 2. The summed E-state index contributed by atoms with van der Waals surface area (Å²) in [6.45, 7) is 3.82. The SMILES string of the molecule is COC(=O)c1nc2n(n1)[C@@H](c1ccc(C)cc1)C(C(=O)OC1CCCCC1)=C(C)N2. The number of hydrogen-bond donors (Lipinski definition) is 1. The molecule has 1 atom stereocenters. The lowest BCUT2D eigenvalue weighted by Crippen LogP contribution is -2.32. The van der Waals surface area contributed by atoms with E-state index >= 15 is 0 Å². The fraction of sp³-hybridized carbons (Fsp3) is 0.455. The van der Waals surface area contributed by atoms with Gasteiger partial charge in [-0.15, -0.1) is 5.10 Å². The number of carbonyl (C=O) groups is 2. The number of fused-ring (bicyclic) bond motifs is 1. The zero-order valence-corrected chi connectivity index (χ0v) is 17.5. The topological polar surface area (TPSA) is 95.3 Å². The average molecular weight is 410 g/mol. The van der Waals surface area contributed by atoms with Crippen LogP contribution in [-0.4, -0.2) is 39.9 Å². The molecule has 8 nitrogen and oxygen atoms in total. The van der Waals surface area contributed by atoms with Crippen molar-refractivity contribution in [2.24, 2.45) is 0 Å². The molecular weight excluding hydrogens is 384 g/mol. The first-order valence-corrected chi connectivity index (χ1v) is 10.3. The number of benzene rings is 1. The minimum absolute atomic E-state index is 0.0620. The lowest BCUT2D eigenvalue weighted by molar-refractivity contribution is -0.146. The van der Waals surface area contributed by atoms with Crippen LogP contribution in [0, 0.1) is 6.92 Å². The first kappa shape index (κ1) is 20.1. The molecule has 1 aliphatic heterocycles. The number of nitrogens with one attached hydrogen (secondary N) is 1. The standard InChI is InChI=1S/C22H26N4O4/c1-13-9-11-15(12-10-13)18-17(20(27)30-16-7-5-4-6-8-16)14(2)23-22-24-19(21(28)29-3)25-26(18)22/h9-12,16,18H,4-8H2,1-3H3,(H,23,24,25)/t18-/m0/s1. The Bertz CT molecular complexity index is 987. The van der Waals surface area contributed by atoms with E-state index in [2.05, 4.69) is 15.4 Å². The van der Waals surface area contributed by atoms with Gasteiger partial charge in [0.2, 0.25) is 5.95 Å². The first-order valence-electron chi connectivity index (χ1n) is 10.3. The van der Waals surface area contributed by atoms with E-state index in [0.717, 1.165) is 36.8 Å². The summed E-state index contributed by atoms with van der Waals surface area (Å²) in [5, 5.41) is 7.44. The van der Waals surface area contributed by atoms with Gasteiger partial charge in [0, 0.05) is 5.70 Å². The van der Waals surface area contributed by atoms with Crippen LogP contribution in [0.2, 0.25) is 0 Å². The van der Waals surface area contributed by atoms with Gasteiger partial charge in [0.1, 0.15) is 12.1 Å². The number of hydrogen-bond acceptors (Lipinski definition) is 7. The van der Waals surface area contributed by atoms with E-state index in [9.17, 15) is 9.59 Å². The van der Waals surface area contributed by atoms with E-state index in [-0.39, 0.29) is 17.9 Å². The number of carbonyl (C=O) groups excluding carboxylic acids is 2. The van der Waals surface area contributed by atoms with E-state index in [4.69, 9.17) is 9.47 Å². The number of nitrogens with zero attached hydrogens (tertiary/aromatic N) is 3. The fourth-order valence-electron chi connectivity index (χ4n) is 4.05. The number of rotatable bonds is 4. The highest BCUT2D eigenvalue weighted by Crippen LogP contribution is 2.36. The molecule has 1 aliphatic carbocycles. The minimum atomic E-state index is -0.634. The third-order valence-corrected chi connectivity index (χ3v) is 5.66. The second-order valence-corrected chi connectivity index (χ2v) is 7.84. The van der Waals surface area contributed by atoms with Crippen molar-refractivity contribution in [2.45, 2.75) is 58.1 Å². The van der Waals surface area contributed by atoms with Crippen LogP contribution in [0.25, 0.3) is 0 Å². The Balaban J connectivity index is 1.74. The van der Waals surface area contributed by atoms with Crippen molar-refractivity contribution in [3.63, 3.8) is 0 Å². The highest BCUT2D eigenvalue weighted by Gasteiger charge is 2.37. The Kier molecular flexibility index (Phi) is 5.57. The minimum Gasteiger partial charge on any atom is -0.463 e. The number of methoxy groups -OCH3 is 1. The van der Waals surface area contributed by atoms with Gasteiger partial charge in [0.05, 0.1) is 12.7 Å². The molecule has 2 heterocycles. The Morgan fingerprint density at radius 1 is 1.07 bits per heavy atom. The maximum absolute atomic E-state index is 13.3. The molecule has 0 spiro atoms. The number of anilines is 1. The third kappa shape index (κ3) is 3.81. The third-order valence-electron chi connectivity index (χ3n) is 5.66. The van der Waals surface area contributed by atoms with Crippen LogP contribution < -0.4 is 5.32 Å². The summed E-state index contributed by atoms with van der Waals surface area (Å²) in [6.07, 6.45) is 5.05. The molecule has 1 saturated carbocycles. The van der Waals surface area contributed by atoms with Gasteiger partial charge in [0.15, 0.2) is 0 Å². The number of allylic oxidation sites excluding steroid dienone is 1. The summed E-state index contributed by atoms with van der Waals surface area (Å²) in [6, 6.07) is 7.32. The highest BCUT2D eigenvalue weighted by atomic mass is 16.5. The molecule has 0 bridgehead atoms. The predicted octanol–water partition coefficient (Wildman–Crippen LogP) is 3.54. The van der Waals surface area contributed by atoms with Gasteiger partial charge >= 0.3 is 11.9 Å². The van der Waals surface area contributed by atoms with E-state index in [0.29, 0.717) is 17.2 Å². The highest BCUT2D eigenvalue weighted by molar-refractivity contribution is 5.93. The molecule has 0 amide bonds. The van der Waals surface area contributed by atoms with Crippen LogP contribution >= 0.6 is 0 Å². The lowest BCUT2D eigenvalue weighted by atomic mass is 9.94. The normalized spacial score (nSPS) is 19.1. The summed E-state index contributed by atoms with van der Waals surface area (Å²) >= 11 is 0. The number of aromatic nitrogens is 3. The van der Waals surface area contributed by atoms with Gasteiger partial charge in [-0.2, -0.15) is 4.98 Å². The predicted molar refractivity (Wildman–Crippen MR) is 110 cm³/mol. The molecule has 0 radical (unpaired) electrons. The van der Waals surface area contributed by atoms with Crippen molar-refractivity contribution in [1.29, 1.82) is 0 Å². The maximum atomic E-state index is 13.3. The Morgan fingerprint density at radius 3 is 2.43 bits per heavy atom. The van der Waals surface area contributed by atoms with Crippen molar-refractivity contribution in [3.8, 4) is 0 Å². The molecule has 0 saturated heterocycles. The Hall–Kier alpha value is -3.16. The van der Waals surface area contributed by atoms with E-state index in [1.807, 2.05) is 38.1 Å². The van der Waals surface area contributed by atoms with Crippen LogP contribution in [0.15, 0.2) is 35.5 Å². The summed E-state index contributed by atoms with van der Waals surface area (Å²) in [7, 11) is 1.28. The molecule has 1 aromatic carbocycles. The molecule has 30 heavy (non-hydrogen) atoms. The first-order chi connectivity index (χ1) is 14.5. The zero-order chi connectivity index (χ0) is 21.3. The molecule has 4 rings (SSSR count). The van der Waals surface area contributed by atoms with Crippen LogP contribution in [-0.2, 0) is 14.3 Å². The Morgan fingerprint density at radius 2 is 1.77 bits per heavy atom. The van der Waals surface area contributed by atoms with E-state index in [1.165, 1.54) is 13.5 Å². The summed E-state index contributed by atoms with van der Waals surface area (Å²) < 4.78 is 12.2. The molecule has 158 valence electrons. The number of aryl methyl sites for hydroxylation is 1. The van der Waals surface area contributed by atoms with Gasteiger partial charge in [-0.1, -0.05) is 36.2 Å². The average Bonchev–Trinajstić information content (AvgIpc) is 3.17. The van der Waals surface area contributed by atoms with Crippen molar-refractivity contribution < 1.29 is 19.1 Å². The quantitative estimate of drug-likeness (QED) is 0.770. The van der Waals surface area contributed by atoms with Gasteiger partial charge in [-0.25, -0.2) is 14.3 Å². The van der Waals surface area contributed by atoms with Gasteiger partial charge in [0.25, 0.3) is 5.82 Å². The Labute approximate surface area is 175 Å². The molecule has 0 unspecified atom stereocenters. The van der Waals surface area contributed by atoms with Crippen LogP contribution in [0.5, 0.6) is 0 Å². The molecule has 8 heteroatoms. The molecule has 1 aromatic heterocycles. The second kappa shape index (κ2) is 8.30. The largest absolute Gasteiger partial charge is 0.463 e. The van der Waals surface area contributed by atoms with Crippen molar-refractivity contribution in [1.82, 2.24) is 14.8 Å². The van der Waals surface area contributed by atoms with Crippen molar-refractivity contribution in [2.75, 3.05) is 12.4 Å². The zero-order valence-electron chi connectivity index (χ0n) is 17.5. The van der Waals surface area contributed by atoms with E-state index < -0.39 is 12.0 Å². The maximum Gasteiger partial charge on any atom is 0.378 e. The van der Waals surface area contributed by atoms with Crippen LogP contribution in [0.1, 0.15) is 66.8 Å².